The molecule has 5 nitrogen and oxygen atoms in total. The van der Waals surface area contributed by atoms with Gasteiger partial charge >= 0.3 is 6.09 Å². The highest BCUT2D eigenvalue weighted by Gasteiger charge is 2.51. The molecular weight excluding hydrogens is 249 g/mol. The van der Waals surface area contributed by atoms with Gasteiger partial charge < -0.3 is 5.11 Å². The van der Waals surface area contributed by atoms with Crippen LogP contribution in [0.4, 0.5) is 9.18 Å². The Labute approximate surface area is 98.6 Å². The molecule has 1 amide bonds. The number of halogens is 1. The second-order valence-electron chi connectivity index (χ2n) is 3.92. The van der Waals surface area contributed by atoms with E-state index in [4.69, 9.17) is 9.29 Å². The molecule has 1 aromatic rings. The molecule has 1 aromatic carbocycles. The molecule has 17 heavy (non-hydrogen) atoms. The Hall–Kier alpha value is -1.47. The molecule has 3 atom stereocenters. The minimum atomic E-state index is -2.05. The molecule has 1 heterocycles. The van der Waals surface area contributed by atoms with E-state index < -0.39 is 35.3 Å². The summed E-state index contributed by atoms with van der Waals surface area (Å²) in [7, 11) is 0. The van der Waals surface area contributed by atoms with E-state index in [1.54, 1.807) is 12.1 Å². The van der Waals surface area contributed by atoms with Crippen molar-refractivity contribution in [3.8, 4) is 0 Å². The van der Waals surface area contributed by atoms with Crippen LogP contribution in [-0.4, -0.2) is 25.8 Å². The van der Waals surface area contributed by atoms with E-state index in [0.29, 0.717) is 16.3 Å². The molecular formula is C10H8FNO4S. The summed E-state index contributed by atoms with van der Waals surface area (Å²) in [5.41, 5.74) is 0.994. The third-order valence-electron chi connectivity index (χ3n) is 3.02. The Balaban J connectivity index is 2.13. The molecule has 1 unspecified atom stereocenters. The number of carbonyl (C=O) groups is 1. The molecule has 0 aromatic heterocycles. The van der Waals surface area contributed by atoms with Crippen LogP contribution in [0.15, 0.2) is 18.2 Å². The van der Waals surface area contributed by atoms with Crippen molar-refractivity contribution in [3.63, 3.8) is 0 Å². The first-order valence-electron chi connectivity index (χ1n) is 4.98. The fraction of sp³-hybridized carbons (Fsp3) is 0.300. The van der Waals surface area contributed by atoms with Crippen LogP contribution >= 0.6 is 0 Å². The zero-order chi connectivity index (χ0) is 12.2. The third-order valence-corrected chi connectivity index (χ3v) is 4.14. The molecule has 90 valence electrons. The maximum Gasteiger partial charge on any atom is 0.421 e. The molecule has 7 heteroatoms. The Bertz CT molecular complexity index is 535. The number of fused-ring (bicyclic) bond motifs is 3. The SMILES string of the molecule is O=C(O)N1[C@@H]2c3c(F)cccc3C[C@@H]2OS1=O. The van der Waals surface area contributed by atoms with Gasteiger partial charge in [-0.15, -0.1) is 0 Å². The number of amides is 1. The minimum absolute atomic E-state index is 0.283. The fourth-order valence-electron chi connectivity index (χ4n) is 2.39. The Morgan fingerprint density at radius 1 is 1.59 bits per heavy atom. The van der Waals surface area contributed by atoms with E-state index in [-0.39, 0.29) is 5.56 Å². The van der Waals surface area contributed by atoms with E-state index in [0.717, 1.165) is 0 Å². The van der Waals surface area contributed by atoms with Crippen molar-refractivity contribution in [2.24, 2.45) is 0 Å². The highest BCUT2D eigenvalue weighted by molar-refractivity contribution is 7.78. The summed E-state index contributed by atoms with van der Waals surface area (Å²) in [5.74, 6) is -0.483. The lowest BCUT2D eigenvalue weighted by Gasteiger charge is -2.17. The lowest BCUT2D eigenvalue weighted by molar-refractivity contribution is 0.155. The molecule has 0 radical (unpaired) electrons. The lowest BCUT2D eigenvalue weighted by Crippen LogP contribution is -2.31. The van der Waals surface area contributed by atoms with Gasteiger partial charge in [0.2, 0.25) is 0 Å². The molecule has 1 aliphatic carbocycles. The predicted octanol–water partition coefficient (Wildman–Crippen LogP) is 1.38. The quantitative estimate of drug-likeness (QED) is 0.762. The van der Waals surface area contributed by atoms with E-state index in [9.17, 15) is 13.4 Å². The van der Waals surface area contributed by atoms with Gasteiger partial charge in [-0.05, 0) is 11.6 Å². The Morgan fingerprint density at radius 2 is 2.35 bits per heavy atom. The molecule has 0 spiro atoms. The van der Waals surface area contributed by atoms with Gasteiger partial charge in [0.25, 0.3) is 11.3 Å². The number of rotatable bonds is 0. The van der Waals surface area contributed by atoms with Crippen molar-refractivity contribution >= 4 is 17.4 Å². The average molecular weight is 257 g/mol. The van der Waals surface area contributed by atoms with Crippen molar-refractivity contribution in [2.45, 2.75) is 18.6 Å². The van der Waals surface area contributed by atoms with Crippen molar-refractivity contribution < 1.29 is 22.7 Å². The average Bonchev–Trinajstić information content (AvgIpc) is 2.71. The lowest BCUT2D eigenvalue weighted by atomic mass is 10.1. The first-order valence-corrected chi connectivity index (χ1v) is 6.01. The summed E-state index contributed by atoms with van der Waals surface area (Å²) in [6, 6.07) is 3.76. The highest BCUT2D eigenvalue weighted by atomic mass is 32.2. The van der Waals surface area contributed by atoms with E-state index in [1.807, 2.05) is 0 Å². The summed E-state index contributed by atoms with van der Waals surface area (Å²) in [6.07, 6.45) is -1.54. The number of hydrogen-bond donors (Lipinski definition) is 1. The summed E-state index contributed by atoms with van der Waals surface area (Å²) >= 11 is -2.05. The van der Waals surface area contributed by atoms with Gasteiger partial charge in [0, 0.05) is 12.0 Å². The summed E-state index contributed by atoms with van der Waals surface area (Å²) in [5, 5.41) is 8.98. The van der Waals surface area contributed by atoms with Crippen LogP contribution < -0.4 is 0 Å². The maximum atomic E-state index is 13.7. The van der Waals surface area contributed by atoms with Crippen LogP contribution in [0.25, 0.3) is 0 Å². The monoisotopic (exact) mass is 257 g/mol. The number of carboxylic acid groups (broad SMARTS) is 1. The minimum Gasteiger partial charge on any atom is -0.464 e. The van der Waals surface area contributed by atoms with Crippen LogP contribution in [0, 0.1) is 5.82 Å². The summed E-state index contributed by atoms with van der Waals surface area (Å²) in [4.78, 5) is 11.0. The smallest absolute Gasteiger partial charge is 0.421 e. The first-order chi connectivity index (χ1) is 8.09. The Kier molecular flexibility index (Phi) is 2.20. The third kappa shape index (κ3) is 1.39. The molecule has 3 rings (SSSR count). The largest absolute Gasteiger partial charge is 0.464 e. The van der Waals surface area contributed by atoms with Gasteiger partial charge in [-0.25, -0.2) is 13.4 Å². The van der Waals surface area contributed by atoms with Crippen LogP contribution in [0.2, 0.25) is 0 Å². The Morgan fingerprint density at radius 3 is 3.06 bits per heavy atom. The van der Waals surface area contributed by atoms with Crippen molar-refractivity contribution in [2.75, 3.05) is 0 Å². The van der Waals surface area contributed by atoms with Crippen molar-refractivity contribution in [3.05, 3.63) is 35.1 Å². The van der Waals surface area contributed by atoms with Gasteiger partial charge in [0.05, 0.1) is 0 Å². The standard InChI is InChI=1S/C10H8FNO4S/c11-6-3-1-2-5-4-7-9(8(5)6)12(10(13)14)17(15)16-7/h1-3,7,9H,4H2,(H,13,14)/t7-,9-,17?/m0/s1. The van der Waals surface area contributed by atoms with Crippen LogP contribution in [0.3, 0.4) is 0 Å². The van der Waals surface area contributed by atoms with E-state index >= 15 is 0 Å². The molecule has 1 saturated heterocycles. The molecule has 1 fully saturated rings. The summed E-state index contributed by atoms with van der Waals surface area (Å²) < 4.78 is 30.9. The fourth-order valence-corrected chi connectivity index (χ4v) is 3.42. The van der Waals surface area contributed by atoms with Crippen LogP contribution in [-0.2, 0) is 21.9 Å². The topological polar surface area (TPSA) is 66.8 Å². The zero-order valence-corrected chi connectivity index (χ0v) is 9.32. The van der Waals surface area contributed by atoms with Gasteiger partial charge in [0.15, 0.2) is 0 Å². The van der Waals surface area contributed by atoms with Gasteiger partial charge in [-0.1, -0.05) is 12.1 Å². The molecule has 0 bridgehead atoms. The maximum absolute atomic E-state index is 13.7. The molecule has 1 aliphatic heterocycles. The number of hydrogen-bond acceptors (Lipinski definition) is 3. The number of nitrogens with zero attached hydrogens (tertiary/aromatic N) is 1. The second-order valence-corrected chi connectivity index (χ2v) is 4.94. The van der Waals surface area contributed by atoms with Gasteiger partial charge in [0.1, 0.15) is 18.0 Å². The first kappa shape index (κ1) is 10.7. The summed E-state index contributed by atoms with van der Waals surface area (Å²) in [6.45, 7) is 0. The van der Waals surface area contributed by atoms with E-state index in [2.05, 4.69) is 0 Å². The van der Waals surface area contributed by atoms with Crippen molar-refractivity contribution in [1.82, 2.24) is 4.31 Å². The van der Waals surface area contributed by atoms with Crippen LogP contribution in [0.5, 0.6) is 0 Å². The molecule has 2 aliphatic rings. The van der Waals surface area contributed by atoms with Crippen LogP contribution in [0.1, 0.15) is 17.2 Å². The zero-order valence-electron chi connectivity index (χ0n) is 8.50. The van der Waals surface area contributed by atoms with Crippen molar-refractivity contribution in [1.29, 1.82) is 0 Å². The molecule has 1 N–H and O–H groups in total. The number of benzene rings is 1. The van der Waals surface area contributed by atoms with Gasteiger partial charge in [-0.2, -0.15) is 4.31 Å². The predicted molar refractivity (Wildman–Crippen MR) is 55.7 cm³/mol. The second kappa shape index (κ2) is 3.51. The highest BCUT2D eigenvalue weighted by Crippen LogP contribution is 2.44. The normalized spacial score (nSPS) is 30.2. The van der Waals surface area contributed by atoms with E-state index in [1.165, 1.54) is 6.07 Å². The molecule has 0 saturated carbocycles. The van der Waals surface area contributed by atoms with Gasteiger partial charge in [-0.3, -0.25) is 4.18 Å².